The number of methoxy groups -OCH3 is 4. The average Bonchev–Trinajstić information content (AvgIpc) is 3.16. The predicted molar refractivity (Wildman–Crippen MR) is 115 cm³/mol. The van der Waals surface area contributed by atoms with Gasteiger partial charge in [-0.3, -0.25) is 0 Å². The zero-order chi connectivity index (χ0) is 23.7. The number of hydrogen-bond acceptors (Lipinski definition) is 9. The molecule has 7 bridgehead atoms. The number of rotatable bonds is 5. The van der Waals surface area contributed by atoms with E-state index >= 15 is 0 Å². The molecular weight excluding hydrogens is 430 g/mol. The summed E-state index contributed by atoms with van der Waals surface area (Å²) < 4.78 is 23.9. The van der Waals surface area contributed by atoms with E-state index in [-0.39, 0.29) is 41.9 Å². The first-order chi connectivity index (χ1) is 15.6. The molecule has 1 aliphatic heterocycles. The number of nitrogens with zero attached hydrogens (tertiary/aromatic N) is 1. The Bertz CT molecular complexity index is 830. The monoisotopic (exact) mass is 469 g/mol. The highest BCUT2D eigenvalue weighted by Crippen LogP contribution is 2.79. The molecule has 4 N–H and O–H groups in total. The van der Waals surface area contributed by atoms with Crippen LogP contribution in [0.5, 0.6) is 0 Å². The van der Waals surface area contributed by atoms with Crippen molar-refractivity contribution in [3.8, 4) is 0 Å². The number of aliphatic hydroxyl groups is 4. The molecule has 188 valence electrons. The standard InChI is InChI=1S/C24H39NO8/c1-25-9-21(10-30-2)7-6-12(31-3)23-11-8-22(28)18(26)13(11)24(29,19(27)20(22)33-5)14(17(23)25)15(32-4)16(21)23/h11-20,26-29H,6-10H2,1-5H3/t11-,12+,13-,14+,15+,16-,17+,18-,19+,20+,21+,22-,23+,24-/m1/s1. The lowest BCUT2D eigenvalue weighted by Gasteiger charge is -2.69. The quantitative estimate of drug-likeness (QED) is 0.396. The molecule has 9 heteroatoms. The summed E-state index contributed by atoms with van der Waals surface area (Å²) in [4.78, 5) is 2.31. The van der Waals surface area contributed by atoms with Crippen molar-refractivity contribution < 1.29 is 39.4 Å². The molecule has 0 aromatic heterocycles. The molecule has 6 rings (SSSR count). The first-order valence-electron chi connectivity index (χ1n) is 12.2. The second-order valence-electron chi connectivity index (χ2n) is 11.9. The van der Waals surface area contributed by atoms with Crippen LogP contribution in [0.15, 0.2) is 0 Å². The van der Waals surface area contributed by atoms with E-state index in [4.69, 9.17) is 18.9 Å². The third-order valence-electron chi connectivity index (χ3n) is 11.3. The molecule has 1 saturated heterocycles. The van der Waals surface area contributed by atoms with Gasteiger partial charge in [0.05, 0.1) is 24.9 Å². The molecule has 14 atom stereocenters. The fraction of sp³-hybridized carbons (Fsp3) is 1.00. The first-order valence-corrected chi connectivity index (χ1v) is 12.2. The largest absolute Gasteiger partial charge is 0.390 e. The second-order valence-corrected chi connectivity index (χ2v) is 11.9. The van der Waals surface area contributed by atoms with Gasteiger partial charge in [0, 0.05) is 69.6 Å². The fourth-order valence-corrected chi connectivity index (χ4v) is 10.9. The van der Waals surface area contributed by atoms with Crippen LogP contribution in [0.1, 0.15) is 19.3 Å². The Morgan fingerprint density at radius 1 is 0.970 bits per heavy atom. The minimum Gasteiger partial charge on any atom is -0.390 e. The summed E-state index contributed by atoms with van der Waals surface area (Å²) in [5.74, 6) is -1.44. The second kappa shape index (κ2) is 6.89. The minimum atomic E-state index is -1.67. The molecule has 0 amide bonds. The van der Waals surface area contributed by atoms with Crippen molar-refractivity contribution in [2.24, 2.45) is 34.5 Å². The SMILES string of the molecule is COC[C@@]12CC[C@H](OC)[C@@]34[C@@H]5C[C@@]6(O)[C@H](O)[C@@H]5[C@@](O)([C@@H]([C@H](OC)[C@H]13)[C@@H]4N(C)C2)[C@@H](O)[C@@H]6OC. The third-order valence-corrected chi connectivity index (χ3v) is 11.3. The van der Waals surface area contributed by atoms with E-state index in [1.807, 2.05) is 0 Å². The van der Waals surface area contributed by atoms with Crippen LogP contribution in [0.4, 0.5) is 0 Å². The van der Waals surface area contributed by atoms with Crippen LogP contribution in [0.25, 0.3) is 0 Å². The van der Waals surface area contributed by atoms with E-state index in [1.165, 1.54) is 7.11 Å². The summed E-state index contributed by atoms with van der Waals surface area (Å²) >= 11 is 0. The number of fused-ring (bicyclic) bond motifs is 2. The van der Waals surface area contributed by atoms with Crippen LogP contribution >= 0.6 is 0 Å². The van der Waals surface area contributed by atoms with Gasteiger partial charge >= 0.3 is 0 Å². The van der Waals surface area contributed by atoms with E-state index in [9.17, 15) is 20.4 Å². The summed E-state index contributed by atoms with van der Waals surface area (Å²) in [5.41, 5.74) is -3.98. The topological polar surface area (TPSA) is 121 Å². The molecule has 0 unspecified atom stereocenters. The summed E-state index contributed by atoms with van der Waals surface area (Å²) in [6.07, 6.45) is -2.14. The van der Waals surface area contributed by atoms with Gasteiger partial charge in [0.2, 0.25) is 0 Å². The molecule has 0 aromatic carbocycles. The first kappa shape index (κ1) is 23.1. The third kappa shape index (κ3) is 2.15. The van der Waals surface area contributed by atoms with Gasteiger partial charge in [0.15, 0.2) is 0 Å². The normalized spacial score (nSPS) is 63.2. The maximum atomic E-state index is 12.5. The number of likely N-dealkylation sites (tertiary alicyclic amines) is 1. The summed E-state index contributed by atoms with van der Waals surface area (Å²) in [6, 6.07) is -0.131. The van der Waals surface area contributed by atoms with Gasteiger partial charge in [-0.25, -0.2) is 0 Å². The van der Waals surface area contributed by atoms with Crippen LogP contribution < -0.4 is 0 Å². The van der Waals surface area contributed by atoms with Crippen molar-refractivity contribution in [1.29, 1.82) is 0 Å². The van der Waals surface area contributed by atoms with Crippen molar-refractivity contribution >= 4 is 0 Å². The Labute approximate surface area is 194 Å². The van der Waals surface area contributed by atoms with Gasteiger partial charge < -0.3 is 44.3 Å². The van der Waals surface area contributed by atoms with Crippen LogP contribution in [-0.4, -0.2) is 122 Å². The van der Waals surface area contributed by atoms with Crippen molar-refractivity contribution in [2.45, 2.75) is 67.0 Å². The molecule has 1 heterocycles. The Morgan fingerprint density at radius 2 is 1.70 bits per heavy atom. The Morgan fingerprint density at radius 3 is 2.30 bits per heavy atom. The number of aliphatic hydroxyl groups excluding tert-OH is 2. The molecule has 5 aliphatic carbocycles. The summed E-state index contributed by atoms with van der Waals surface area (Å²) in [6.45, 7) is 1.36. The zero-order valence-corrected chi connectivity index (χ0v) is 20.2. The van der Waals surface area contributed by atoms with Gasteiger partial charge in [0.25, 0.3) is 0 Å². The molecule has 1 spiro atoms. The molecule has 9 nitrogen and oxygen atoms in total. The molecule has 5 saturated carbocycles. The van der Waals surface area contributed by atoms with Gasteiger partial charge in [-0.05, 0) is 32.2 Å². The number of piperidine rings is 1. The Balaban J connectivity index is 1.66. The Kier molecular flexibility index (Phi) is 4.82. The Hall–Kier alpha value is -0.360. The molecular formula is C24H39NO8. The molecule has 6 fully saturated rings. The highest BCUT2D eigenvalue weighted by atomic mass is 16.5. The van der Waals surface area contributed by atoms with E-state index in [0.29, 0.717) is 6.61 Å². The highest BCUT2D eigenvalue weighted by Gasteiger charge is 2.89. The van der Waals surface area contributed by atoms with E-state index in [2.05, 4.69) is 11.9 Å². The maximum absolute atomic E-state index is 12.5. The molecule has 0 aromatic rings. The number of hydrogen-bond donors (Lipinski definition) is 4. The highest BCUT2D eigenvalue weighted by molar-refractivity contribution is 5.39. The summed E-state index contributed by atoms with van der Waals surface area (Å²) in [5, 5.41) is 47.3. The maximum Gasteiger partial charge on any atom is 0.120 e. The van der Waals surface area contributed by atoms with E-state index < -0.39 is 46.8 Å². The lowest BCUT2D eigenvalue weighted by molar-refractivity contribution is -0.314. The van der Waals surface area contributed by atoms with E-state index in [0.717, 1.165) is 19.4 Å². The molecule has 33 heavy (non-hydrogen) atoms. The smallest absolute Gasteiger partial charge is 0.120 e. The summed E-state index contributed by atoms with van der Waals surface area (Å²) in [7, 11) is 8.66. The van der Waals surface area contributed by atoms with Crippen molar-refractivity contribution in [3.05, 3.63) is 0 Å². The lowest BCUT2D eigenvalue weighted by atomic mass is 9.43. The van der Waals surface area contributed by atoms with Crippen molar-refractivity contribution in [1.82, 2.24) is 4.90 Å². The van der Waals surface area contributed by atoms with Crippen molar-refractivity contribution in [3.63, 3.8) is 0 Å². The van der Waals surface area contributed by atoms with Crippen LogP contribution in [0.2, 0.25) is 0 Å². The zero-order valence-electron chi connectivity index (χ0n) is 20.2. The molecule has 6 aliphatic rings. The fourth-order valence-electron chi connectivity index (χ4n) is 10.9. The van der Waals surface area contributed by atoms with Crippen LogP contribution in [-0.2, 0) is 18.9 Å². The van der Waals surface area contributed by atoms with Gasteiger partial charge in [-0.2, -0.15) is 0 Å². The van der Waals surface area contributed by atoms with Gasteiger partial charge in [0.1, 0.15) is 23.4 Å². The van der Waals surface area contributed by atoms with Gasteiger partial charge in [-0.15, -0.1) is 0 Å². The lowest BCUT2D eigenvalue weighted by Crippen LogP contribution is -2.79. The van der Waals surface area contributed by atoms with E-state index in [1.54, 1.807) is 21.3 Å². The van der Waals surface area contributed by atoms with Crippen LogP contribution in [0.3, 0.4) is 0 Å². The number of ether oxygens (including phenoxy) is 4. The van der Waals surface area contributed by atoms with Gasteiger partial charge in [-0.1, -0.05) is 0 Å². The minimum absolute atomic E-state index is 0.00206. The van der Waals surface area contributed by atoms with Crippen LogP contribution in [0, 0.1) is 34.5 Å². The predicted octanol–water partition coefficient (Wildman–Crippen LogP) is -1.15. The van der Waals surface area contributed by atoms with Crippen molar-refractivity contribution in [2.75, 3.05) is 48.6 Å². The average molecular weight is 470 g/mol. The molecule has 0 radical (unpaired) electrons.